The molecule has 100 valence electrons. The summed E-state index contributed by atoms with van der Waals surface area (Å²) in [7, 11) is 0. The smallest absolute Gasteiger partial charge is 0.0537 e. The van der Waals surface area contributed by atoms with Crippen LogP contribution in [0.4, 0.5) is 0 Å². The minimum absolute atomic E-state index is 0.110. The molecule has 0 fully saturated rings. The quantitative estimate of drug-likeness (QED) is 0.930. The number of hydrogen-bond donors (Lipinski definition) is 1. The summed E-state index contributed by atoms with van der Waals surface area (Å²) in [5.41, 5.74) is 8.64. The van der Waals surface area contributed by atoms with Crippen LogP contribution in [0.5, 0.6) is 0 Å². The molecule has 0 bridgehead atoms. The van der Waals surface area contributed by atoms with Crippen molar-refractivity contribution in [2.24, 2.45) is 5.73 Å². The van der Waals surface area contributed by atoms with Crippen LogP contribution < -0.4 is 5.73 Å². The van der Waals surface area contributed by atoms with Crippen LogP contribution in [0.3, 0.4) is 0 Å². The molecule has 0 radical (unpaired) electrons. The van der Waals surface area contributed by atoms with Gasteiger partial charge in [-0.05, 0) is 18.1 Å². The zero-order valence-electron chi connectivity index (χ0n) is 11.1. The fourth-order valence-corrected chi connectivity index (χ4v) is 3.75. The first-order valence-corrected chi connectivity index (χ1v) is 7.76. The molecule has 3 nitrogen and oxygen atoms in total. The van der Waals surface area contributed by atoms with Crippen molar-refractivity contribution in [3.63, 3.8) is 0 Å². The maximum Gasteiger partial charge on any atom is 0.0537 e. The number of hydrogen-bond acceptors (Lipinski definition) is 3. The van der Waals surface area contributed by atoms with Crippen molar-refractivity contribution in [3.8, 4) is 0 Å². The Morgan fingerprint density at radius 2 is 2.32 bits per heavy atom. The molecule has 1 aliphatic rings. The van der Waals surface area contributed by atoms with Gasteiger partial charge in [0.25, 0.3) is 0 Å². The lowest BCUT2D eigenvalue weighted by Crippen LogP contribution is -2.10. The van der Waals surface area contributed by atoms with Crippen LogP contribution in [0.15, 0.2) is 41.6 Å². The van der Waals surface area contributed by atoms with Crippen molar-refractivity contribution >= 4 is 11.8 Å². The number of rotatable bonds is 4. The van der Waals surface area contributed by atoms with Crippen molar-refractivity contribution in [1.82, 2.24) is 9.78 Å². The fourth-order valence-electron chi connectivity index (χ4n) is 2.51. The monoisotopic (exact) mass is 273 g/mol. The Hall–Kier alpha value is -1.26. The zero-order valence-corrected chi connectivity index (χ0v) is 11.9. The van der Waals surface area contributed by atoms with Crippen LogP contribution in [0.1, 0.15) is 36.4 Å². The molecule has 2 N–H and O–H groups in total. The number of aromatic nitrogens is 2. The van der Waals surface area contributed by atoms with E-state index in [0.29, 0.717) is 5.92 Å². The Bertz CT molecular complexity index is 564. The van der Waals surface area contributed by atoms with E-state index < -0.39 is 0 Å². The van der Waals surface area contributed by atoms with Gasteiger partial charge in [0.15, 0.2) is 0 Å². The highest BCUT2D eigenvalue weighted by Gasteiger charge is 2.23. The Labute approximate surface area is 118 Å². The molecule has 19 heavy (non-hydrogen) atoms. The second kappa shape index (κ2) is 5.39. The third-order valence-electron chi connectivity index (χ3n) is 3.73. The predicted octanol–water partition coefficient (Wildman–Crippen LogP) is 3.18. The lowest BCUT2D eigenvalue weighted by Gasteiger charge is -2.10. The number of fused-ring (bicyclic) bond motifs is 1. The number of nitrogens with two attached hydrogens (primary N) is 1. The van der Waals surface area contributed by atoms with Crippen molar-refractivity contribution in [2.45, 2.75) is 36.7 Å². The summed E-state index contributed by atoms with van der Waals surface area (Å²) in [5, 5.41) is 4.45. The molecule has 0 aliphatic carbocycles. The van der Waals surface area contributed by atoms with Gasteiger partial charge in [-0.15, -0.1) is 11.8 Å². The normalized spacial score (nSPS) is 19.4. The van der Waals surface area contributed by atoms with Gasteiger partial charge in [-0.1, -0.05) is 25.1 Å². The first kappa shape index (κ1) is 12.8. The third kappa shape index (κ3) is 2.55. The van der Waals surface area contributed by atoms with Gasteiger partial charge < -0.3 is 5.73 Å². The SMILES string of the molecule is CCC(N)c1cnn(CC2CSc3ccccc32)c1. The summed E-state index contributed by atoms with van der Waals surface area (Å²) in [4.78, 5) is 1.42. The summed E-state index contributed by atoms with van der Waals surface area (Å²) in [6.45, 7) is 3.05. The van der Waals surface area contributed by atoms with E-state index in [1.54, 1.807) is 0 Å². The molecule has 2 atom stereocenters. The topological polar surface area (TPSA) is 43.8 Å². The van der Waals surface area contributed by atoms with Crippen LogP contribution in [0.2, 0.25) is 0 Å². The Morgan fingerprint density at radius 3 is 3.16 bits per heavy atom. The predicted molar refractivity (Wildman–Crippen MR) is 79.4 cm³/mol. The van der Waals surface area contributed by atoms with E-state index in [4.69, 9.17) is 5.73 Å². The zero-order chi connectivity index (χ0) is 13.2. The highest BCUT2D eigenvalue weighted by molar-refractivity contribution is 7.99. The summed E-state index contributed by atoms with van der Waals surface area (Å²) in [6, 6.07) is 8.79. The van der Waals surface area contributed by atoms with Gasteiger partial charge in [0.05, 0.1) is 6.20 Å². The molecule has 1 aliphatic heterocycles. The average Bonchev–Trinajstić information content (AvgIpc) is 3.06. The average molecular weight is 273 g/mol. The molecule has 1 aromatic carbocycles. The summed E-state index contributed by atoms with van der Waals surface area (Å²) < 4.78 is 2.04. The van der Waals surface area contributed by atoms with Gasteiger partial charge in [0.1, 0.15) is 0 Å². The van der Waals surface area contributed by atoms with E-state index in [-0.39, 0.29) is 6.04 Å². The Balaban J connectivity index is 1.74. The van der Waals surface area contributed by atoms with Crippen LogP contribution in [-0.4, -0.2) is 15.5 Å². The van der Waals surface area contributed by atoms with E-state index in [9.17, 15) is 0 Å². The molecule has 2 aromatic rings. The lowest BCUT2D eigenvalue weighted by molar-refractivity contribution is 0.548. The summed E-state index contributed by atoms with van der Waals surface area (Å²) in [6.07, 6.45) is 4.95. The maximum absolute atomic E-state index is 6.03. The van der Waals surface area contributed by atoms with Crippen molar-refractivity contribution in [3.05, 3.63) is 47.8 Å². The molecule has 2 heterocycles. The second-order valence-corrected chi connectivity index (χ2v) is 6.12. The molecule has 0 spiro atoms. The van der Waals surface area contributed by atoms with Crippen molar-refractivity contribution in [1.29, 1.82) is 0 Å². The minimum atomic E-state index is 0.110. The van der Waals surface area contributed by atoms with E-state index in [2.05, 4.69) is 42.5 Å². The van der Waals surface area contributed by atoms with Gasteiger partial charge in [0.2, 0.25) is 0 Å². The maximum atomic E-state index is 6.03. The largest absolute Gasteiger partial charge is 0.324 e. The first-order valence-electron chi connectivity index (χ1n) is 6.77. The van der Waals surface area contributed by atoms with Crippen molar-refractivity contribution < 1.29 is 0 Å². The van der Waals surface area contributed by atoms with Crippen LogP contribution in [-0.2, 0) is 6.54 Å². The van der Waals surface area contributed by atoms with Crippen molar-refractivity contribution in [2.75, 3.05) is 5.75 Å². The summed E-state index contributed by atoms with van der Waals surface area (Å²) >= 11 is 1.95. The van der Waals surface area contributed by atoms with Gasteiger partial charge >= 0.3 is 0 Å². The van der Waals surface area contributed by atoms with E-state index in [1.807, 2.05) is 22.6 Å². The third-order valence-corrected chi connectivity index (χ3v) is 4.98. The highest BCUT2D eigenvalue weighted by Crippen LogP contribution is 2.39. The Morgan fingerprint density at radius 1 is 1.47 bits per heavy atom. The standard InChI is InChI=1S/C15H19N3S/c1-2-14(16)11-7-17-18(8-11)9-12-10-19-15-6-4-3-5-13(12)15/h3-8,12,14H,2,9-10,16H2,1H3. The molecular weight excluding hydrogens is 254 g/mol. The summed E-state index contributed by atoms with van der Waals surface area (Å²) in [5.74, 6) is 1.71. The number of nitrogens with zero attached hydrogens (tertiary/aromatic N) is 2. The second-order valence-electron chi connectivity index (χ2n) is 5.06. The van der Waals surface area contributed by atoms with Crippen LogP contribution in [0.25, 0.3) is 0 Å². The fraction of sp³-hybridized carbons (Fsp3) is 0.400. The molecule has 0 amide bonds. The molecule has 2 unspecified atom stereocenters. The highest BCUT2D eigenvalue weighted by atomic mass is 32.2. The number of benzene rings is 1. The molecule has 4 heteroatoms. The van der Waals surface area contributed by atoms with Crippen LogP contribution >= 0.6 is 11.8 Å². The van der Waals surface area contributed by atoms with Gasteiger partial charge in [-0.25, -0.2) is 0 Å². The van der Waals surface area contributed by atoms with E-state index >= 15 is 0 Å². The van der Waals surface area contributed by atoms with Gasteiger partial charge in [-0.3, -0.25) is 4.68 Å². The van der Waals surface area contributed by atoms with E-state index in [1.165, 1.54) is 10.5 Å². The minimum Gasteiger partial charge on any atom is -0.324 e. The van der Waals surface area contributed by atoms with Gasteiger partial charge in [-0.2, -0.15) is 5.10 Å². The van der Waals surface area contributed by atoms with Gasteiger partial charge in [0, 0.05) is 40.9 Å². The molecular formula is C15H19N3S. The van der Waals surface area contributed by atoms with Crippen LogP contribution in [0, 0.1) is 0 Å². The molecule has 3 rings (SSSR count). The van der Waals surface area contributed by atoms with E-state index in [0.717, 1.165) is 24.3 Å². The number of thioether (sulfide) groups is 1. The molecule has 1 aromatic heterocycles. The molecule has 0 saturated carbocycles. The first-order chi connectivity index (χ1) is 9.28. The molecule has 0 saturated heterocycles. The lowest BCUT2D eigenvalue weighted by atomic mass is 10.0. The Kier molecular flexibility index (Phi) is 3.62.